The maximum absolute atomic E-state index is 6.40. The molecule has 0 spiro atoms. The smallest absolute Gasteiger partial charge is 0.0828 e. The van der Waals surface area contributed by atoms with Crippen molar-refractivity contribution < 1.29 is 4.74 Å². The quantitative estimate of drug-likeness (QED) is 0.793. The molecular weight excluding hydrogens is 210 g/mol. The molecule has 1 saturated carbocycles. The Kier molecular flexibility index (Phi) is 5.46. The summed E-state index contributed by atoms with van der Waals surface area (Å²) in [4.78, 5) is 0. The highest BCUT2D eigenvalue weighted by molar-refractivity contribution is 4.93. The molecule has 1 aliphatic carbocycles. The van der Waals surface area contributed by atoms with E-state index in [1.54, 1.807) is 0 Å². The second-order valence-corrected chi connectivity index (χ2v) is 6.89. The van der Waals surface area contributed by atoms with Gasteiger partial charge in [-0.05, 0) is 31.1 Å². The molecular formula is C15H31NO. The van der Waals surface area contributed by atoms with E-state index in [9.17, 15) is 0 Å². The molecule has 17 heavy (non-hydrogen) atoms. The Morgan fingerprint density at radius 3 is 2.24 bits per heavy atom. The lowest BCUT2D eigenvalue weighted by Crippen LogP contribution is -2.50. The fourth-order valence-corrected chi connectivity index (χ4v) is 2.99. The normalized spacial score (nSPS) is 22.4. The van der Waals surface area contributed by atoms with E-state index in [1.165, 1.54) is 32.1 Å². The van der Waals surface area contributed by atoms with Crippen molar-refractivity contribution >= 4 is 0 Å². The monoisotopic (exact) mass is 241 g/mol. The summed E-state index contributed by atoms with van der Waals surface area (Å²) in [6, 6.07) is 0.218. The lowest BCUT2D eigenvalue weighted by molar-refractivity contribution is -0.0608. The van der Waals surface area contributed by atoms with Crippen LogP contribution in [-0.2, 0) is 4.74 Å². The number of hydrogen-bond acceptors (Lipinski definition) is 2. The van der Waals surface area contributed by atoms with E-state index >= 15 is 0 Å². The van der Waals surface area contributed by atoms with E-state index in [-0.39, 0.29) is 11.6 Å². The molecule has 0 bridgehead atoms. The van der Waals surface area contributed by atoms with Gasteiger partial charge in [0.25, 0.3) is 0 Å². The third-order valence-corrected chi connectivity index (χ3v) is 4.22. The molecule has 0 heterocycles. The molecule has 1 rings (SSSR count). The third-order valence-electron chi connectivity index (χ3n) is 4.22. The van der Waals surface area contributed by atoms with Crippen LogP contribution in [0.15, 0.2) is 0 Å². The molecule has 102 valence electrons. The molecule has 2 heteroatoms. The summed E-state index contributed by atoms with van der Waals surface area (Å²) in [7, 11) is 1.84. The number of ether oxygens (including phenoxy) is 1. The van der Waals surface area contributed by atoms with E-state index < -0.39 is 0 Å². The molecule has 1 aliphatic rings. The van der Waals surface area contributed by atoms with E-state index in [2.05, 4.69) is 20.8 Å². The molecule has 0 aliphatic heterocycles. The van der Waals surface area contributed by atoms with Crippen LogP contribution in [0.1, 0.15) is 72.1 Å². The molecule has 1 unspecified atom stereocenters. The maximum Gasteiger partial charge on any atom is 0.0828 e. The van der Waals surface area contributed by atoms with Crippen molar-refractivity contribution in [3.8, 4) is 0 Å². The fraction of sp³-hybridized carbons (Fsp3) is 1.00. The van der Waals surface area contributed by atoms with Gasteiger partial charge >= 0.3 is 0 Å². The van der Waals surface area contributed by atoms with Crippen molar-refractivity contribution in [2.24, 2.45) is 11.1 Å². The van der Waals surface area contributed by atoms with E-state index in [4.69, 9.17) is 10.5 Å². The Morgan fingerprint density at radius 1 is 1.18 bits per heavy atom. The zero-order chi connectivity index (χ0) is 12.9. The average Bonchev–Trinajstić information content (AvgIpc) is 2.28. The van der Waals surface area contributed by atoms with Crippen molar-refractivity contribution in [3.63, 3.8) is 0 Å². The van der Waals surface area contributed by atoms with Crippen molar-refractivity contribution in [3.05, 3.63) is 0 Å². The van der Waals surface area contributed by atoms with Crippen LogP contribution in [0.4, 0.5) is 0 Å². The minimum Gasteiger partial charge on any atom is -0.377 e. The van der Waals surface area contributed by atoms with Gasteiger partial charge in [0.2, 0.25) is 0 Å². The SMILES string of the molecule is COC1(C(N)CCCC(C)(C)C)CCCCC1. The average molecular weight is 241 g/mol. The van der Waals surface area contributed by atoms with E-state index in [1.807, 2.05) is 7.11 Å². The minimum atomic E-state index is -0.0177. The summed E-state index contributed by atoms with van der Waals surface area (Å²) in [6.45, 7) is 6.89. The Bertz CT molecular complexity index is 213. The van der Waals surface area contributed by atoms with Gasteiger partial charge in [0.15, 0.2) is 0 Å². The van der Waals surface area contributed by atoms with Crippen LogP contribution in [0.3, 0.4) is 0 Å². The van der Waals surface area contributed by atoms with Crippen molar-refractivity contribution in [1.82, 2.24) is 0 Å². The van der Waals surface area contributed by atoms with E-state index in [0.717, 1.165) is 19.3 Å². The van der Waals surface area contributed by atoms with Gasteiger partial charge in [0, 0.05) is 13.2 Å². The third kappa shape index (κ3) is 4.59. The van der Waals surface area contributed by atoms with Crippen LogP contribution in [0.25, 0.3) is 0 Å². The second kappa shape index (κ2) is 6.19. The minimum absolute atomic E-state index is 0.0177. The predicted octanol–water partition coefficient (Wildman–Crippen LogP) is 3.88. The molecule has 1 fully saturated rings. The maximum atomic E-state index is 6.40. The highest BCUT2D eigenvalue weighted by Crippen LogP contribution is 2.35. The highest BCUT2D eigenvalue weighted by Gasteiger charge is 2.37. The Morgan fingerprint density at radius 2 is 1.76 bits per heavy atom. The molecule has 0 amide bonds. The molecule has 0 saturated heterocycles. The van der Waals surface area contributed by atoms with Gasteiger partial charge in [-0.3, -0.25) is 0 Å². The number of rotatable bonds is 5. The number of methoxy groups -OCH3 is 1. The zero-order valence-corrected chi connectivity index (χ0v) is 12.2. The molecule has 2 nitrogen and oxygen atoms in total. The van der Waals surface area contributed by atoms with Crippen LogP contribution < -0.4 is 5.73 Å². The Labute approximate surface area is 107 Å². The van der Waals surface area contributed by atoms with Crippen LogP contribution in [0.2, 0.25) is 0 Å². The van der Waals surface area contributed by atoms with Gasteiger partial charge in [-0.2, -0.15) is 0 Å². The van der Waals surface area contributed by atoms with Crippen molar-refractivity contribution in [1.29, 1.82) is 0 Å². The van der Waals surface area contributed by atoms with Crippen LogP contribution in [0.5, 0.6) is 0 Å². The summed E-state index contributed by atoms with van der Waals surface area (Å²) in [6.07, 6.45) is 9.78. The topological polar surface area (TPSA) is 35.2 Å². The van der Waals surface area contributed by atoms with Crippen molar-refractivity contribution in [2.75, 3.05) is 7.11 Å². The van der Waals surface area contributed by atoms with Crippen LogP contribution in [0, 0.1) is 5.41 Å². The largest absolute Gasteiger partial charge is 0.377 e. The first kappa shape index (κ1) is 15.0. The summed E-state index contributed by atoms with van der Waals surface area (Å²) < 4.78 is 5.80. The summed E-state index contributed by atoms with van der Waals surface area (Å²) in [5, 5.41) is 0. The lowest BCUT2D eigenvalue weighted by atomic mass is 9.77. The molecule has 0 radical (unpaired) electrons. The highest BCUT2D eigenvalue weighted by atomic mass is 16.5. The summed E-state index contributed by atoms with van der Waals surface area (Å²) in [5.74, 6) is 0. The molecule has 2 N–H and O–H groups in total. The summed E-state index contributed by atoms with van der Waals surface area (Å²) >= 11 is 0. The van der Waals surface area contributed by atoms with Gasteiger partial charge in [-0.1, -0.05) is 46.5 Å². The predicted molar refractivity (Wildman–Crippen MR) is 74.1 cm³/mol. The molecule has 0 aromatic carbocycles. The zero-order valence-electron chi connectivity index (χ0n) is 12.2. The number of hydrogen-bond donors (Lipinski definition) is 1. The molecule has 1 atom stereocenters. The molecule has 0 aromatic heterocycles. The van der Waals surface area contributed by atoms with E-state index in [0.29, 0.717) is 5.41 Å². The first-order valence-corrected chi connectivity index (χ1v) is 7.20. The van der Waals surface area contributed by atoms with Gasteiger partial charge in [-0.15, -0.1) is 0 Å². The Hall–Kier alpha value is -0.0800. The van der Waals surface area contributed by atoms with Crippen LogP contribution in [-0.4, -0.2) is 18.8 Å². The van der Waals surface area contributed by atoms with Crippen molar-refractivity contribution in [2.45, 2.75) is 83.8 Å². The summed E-state index contributed by atoms with van der Waals surface area (Å²) in [5.41, 5.74) is 6.80. The first-order valence-electron chi connectivity index (χ1n) is 7.20. The van der Waals surface area contributed by atoms with Gasteiger partial charge in [0.05, 0.1) is 5.60 Å². The van der Waals surface area contributed by atoms with Gasteiger partial charge in [0.1, 0.15) is 0 Å². The van der Waals surface area contributed by atoms with Gasteiger partial charge < -0.3 is 10.5 Å². The number of nitrogens with two attached hydrogens (primary N) is 1. The lowest BCUT2D eigenvalue weighted by Gasteiger charge is -2.41. The second-order valence-electron chi connectivity index (χ2n) is 6.89. The Balaban J connectivity index is 2.41. The van der Waals surface area contributed by atoms with Crippen LogP contribution >= 0.6 is 0 Å². The molecule has 0 aromatic rings. The van der Waals surface area contributed by atoms with Gasteiger partial charge in [-0.25, -0.2) is 0 Å². The standard InChI is InChI=1S/C15H31NO/c1-14(2,3)10-8-9-13(16)15(17-4)11-6-5-7-12-15/h13H,5-12,16H2,1-4H3. The first-order chi connectivity index (χ1) is 7.90. The fourth-order valence-electron chi connectivity index (χ4n) is 2.99.